The van der Waals surface area contributed by atoms with Crippen LogP contribution < -0.4 is 4.74 Å². The van der Waals surface area contributed by atoms with Gasteiger partial charge in [0.25, 0.3) is 5.91 Å². The number of aliphatic imine (C=N–C) groups is 1. The van der Waals surface area contributed by atoms with Gasteiger partial charge in [-0.25, -0.2) is 9.79 Å². The van der Waals surface area contributed by atoms with Gasteiger partial charge >= 0.3 is 5.97 Å². The highest BCUT2D eigenvalue weighted by molar-refractivity contribution is 8.18. The van der Waals surface area contributed by atoms with Gasteiger partial charge in [0.15, 0.2) is 16.7 Å². The number of ether oxygens (including phenoxy) is 2. The Labute approximate surface area is 179 Å². The molecular weight excluding hydrogens is 404 g/mol. The Bertz CT molecular complexity index is 1010. The molecule has 0 spiro atoms. The highest BCUT2D eigenvalue weighted by Crippen LogP contribution is 2.35. The number of carbonyl (C=O) groups excluding carboxylic acids is 2. The number of carbonyl (C=O) groups is 2. The number of amidine groups is 1. The second kappa shape index (κ2) is 9.49. The van der Waals surface area contributed by atoms with Crippen molar-refractivity contribution in [2.75, 3.05) is 20.3 Å². The molecule has 8 heteroatoms. The minimum absolute atomic E-state index is 0.0359. The van der Waals surface area contributed by atoms with Gasteiger partial charge in [-0.3, -0.25) is 9.69 Å². The lowest BCUT2D eigenvalue weighted by Crippen LogP contribution is -2.28. The van der Waals surface area contributed by atoms with Crippen LogP contribution in [0.3, 0.4) is 0 Å². The number of hydrogen-bond acceptors (Lipinski definition) is 7. The first-order valence-corrected chi connectivity index (χ1v) is 10.2. The molecule has 7 nitrogen and oxygen atoms in total. The molecule has 3 rings (SSSR count). The first-order chi connectivity index (χ1) is 14.5. The van der Waals surface area contributed by atoms with Gasteiger partial charge in [-0.15, -0.1) is 0 Å². The summed E-state index contributed by atoms with van der Waals surface area (Å²) in [5.41, 5.74) is 1.81. The second-order valence-corrected chi connectivity index (χ2v) is 7.26. The Morgan fingerprint density at radius 3 is 2.57 bits per heavy atom. The number of rotatable bonds is 6. The third-order valence-electron chi connectivity index (χ3n) is 4.31. The summed E-state index contributed by atoms with van der Waals surface area (Å²) in [5, 5.41) is 10.3. The van der Waals surface area contributed by atoms with E-state index in [0.717, 1.165) is 5.56 Å². The average molecular weight is 426 g/mol. The fourth-order valence-corrected chi connectivity index (χ4v) is 3.86. The number of phenolic OH excluding ortho intramolecular Hbond substituents is 1. The molecule has 1 saturated heterocycles. The van der Waals surface area contributed by atoms with Gasteiger partial charge in [0.2, 0.25) is 0 Å². The van der Waals surface area contributed by atoms with Crippen molar-refractivity contribution in [1.29, 1.82) is 0 Å². The molecular formula is C22H22N2O5S. The van der Waals surface area contributed by atoms with Crippen LogP contribution in [0.1, 0.15) is 29.8 Å². The molecule has 2 aromatic carbocycles. The van der Waals surface area contributed by atoms with E-state index in [1.54, 1.807) is 54.3 Å². The number of thioether (sulfide) groups is 1. The predicted molar refractivity (Wildman–Crippen MR) is 117 cm³/mol. The number of benzene rings is 2. The van der Waals surface area contributed by atoms with Crippen molar-refractivity contribution in [3.8, 4) is 11.5 Å². The van der Waals surface area contributed by atoms with E-state index >= 15 is 0 Å². The van der Waals surface area contributed by atoms with Gasteiger partial charge in [-0.05, 0) is 73.6 Å². The SMILES string of the molecule is CCOC(=O)c1ccc(N=C2SC(=Cc3ccc(O)c(OC)c3)C(=O)N2CC)cc1. The number of nitrogens with zero attached hydrogens (tertiary/aromatic N) is 2. The summed E-state index contributed by atoms with van der Waals surface area (Å²) in [4.78, 5) is 31.3. The summed E-state index contributed by atoms with van der Waals surface area (Å²) in [6.45, 7) is 4.42. The zero-order valence-electron chi connectivity index (χ0n) is 16.9. The van der Waals surface area contributed by atoms with E-state index in [1.165, 1.54) is 24.9 Å². The maximum Gasteiger partial charge on any atom is 0.338 e. The molecule has 1 aliphatic rings. The van der Waals surface area contributed by atoms with E-state index in [4.69, 9.17) is 9.47 Å². The molecule has 30 heavy (non-hydrogen) atoms. The standard InChI is InChI=1S/C22H22N2O5S/c1-4-24-20(26)19(13-14-6-11-17(25)18(12-14)28-3)30-22(24)23-16-9-7-15(8-10-16)21(27)29-5-2/h6-13,25H,4-5H2,1-3H3. The Morgan fingerprint density at radius 2 is 1.93 bits per heavy atom. The molecule has 0 saturated carbocycles. The van der Waals surface area contributed by atoms with Gasteiger partial charge < -0.3 is 14.6 Å². The van der Waals surface area contributed by atoms with Crippen LogP contribution in [0.2, 0.25) is 0 Å². The average Bonchev–Trinajstić information content (AvgIpc) is 3.04. The molecule has 1 aliphatic heterocycles. The van der Waals surface area contributed by atoms with Crippen LogP contribution in [-0.4, -0.2) is 47.3 Å². The number of hydrogen-bond donors (Lipinski definition) is 1. The van der Waals surface area contributed by atoms with Crippen molar-refractivity contribution >= 4 is 40.6 Å². The number of methoxy groups -OCH3 is 1. The van der Waals surface area contributed by atoms with Crippen LogP contribution >= 0.6 is 11.8 Å². The molecule has 0 radical (unpaired) electrons. The van der Waals surface area contributed by atoms with Gasteiger partial charge in [-0.1, -0.05) is 6.07 Å². The maximum atomic E-state index is 12.8. The van der Waals surface area contributed by atoms with E-state index in [9.17, 15) is 14.7 Å². The van der Waals surface area contributed by atoms with Gasteiger partial charge in [0.05, 0.1) is 29.9 Å². The quantitative estimate of drug-likeness (QED) is 0.550. The van der Waals surface area contributed by atoms with E-state index < -0.39 is 0 Å². The van der Waals surface area contributed by atoms with Gasteiger partial charge in [0.1, 0.15) is 0 Å². The summed E-state index contributed by atoms with van der Waals surface area (Å²) >= 11 is 1.27. The van der Waals surface area contributed by atoms with Crippen molar-refractivity contribution in [2.24, 2.45) is 4.99 Å². The number of phenols is 1. The molecule has 156 valence electrons. The normalized spacial score (nSPS) is 16.4. The zero-order valence-corrected chi connectivity index (χ0v) is 17.7. The molecule has 2 aromatic rings. The molecule has 0 aromatic heterocycles. The fourth-order valence-electron chi connectivity index (χ4n) is 2.80. The Kier molecular flexibility index (Phi) is 6.79. The minimum Gasteiger partial charge on any atom is -0.504 e. The van der Waals surface area contributed by atoms with Crippen molar-refractivity contribution < 1.29 is 24.2 Å². The van der Waals surface area contributed by atoms with E-state index in [2.05, 4.69) is 4.99 Å². The highest BCUT2D eigenvalue weighted by atomic mass is 32.2. The topological polar surface area (TPSA) is 88.4 Å². The number of esters is 1. The first-order valence-electron chi connectivity index (χ1n) is 9.41. The first kappa shape index (κ1) is 21.4. The van der Waals surface area contributed by atoms with E-state index in [0.29, 0.717) is 40.2 Å². The zero-order chi connectivity index (χ0) is 21.7. The highest BCUT2D eigenvalue weighted by Gasteiger charge is 2.32. The van der Waals surface area contributed by atoms with E-state index in [-0.39, 0.29) is 17.6 Å². The smallest absolute Gasteiger partial charge is 0.338 e. The van der Waals surface area contributed by atoms with Crippen LogP contribution in [0.25, 0.3) is 6.08 Å². The molecule has 0 unspecified atom stereocenters. The molecule has 0 atom stereocenters. The largest absolute Gasteiger partial charge is 0.504 e. The van der Waals surface area contributed by atoms with Crippen molar-refractivity contribution in [1.82, 2.24) is 4.90 Å². The summed E-state index contributed by atoms with van der Waals surface area (Å²) in [6, 6.07) is 11.6. The van der Waals surface area contributed by atoms with Crippen LogP contribution in [0.5, 0.6) is 11.5 Å². The van der Waals surface area contributed by atoms with Crippen LogP contribution in [0.4, 0.5) is 5.69 Å². The lowest BCUT2D eigenvalue weighted by Gasteiger charge is -2.12. The van der Waals surface area contributed by atoms with Crippen molar-refractivity contribution in [3.63, 3.8) is 0 Å². The maximum absolute atomic E-state index is 12.8. The molecule has 0 aliphatic carbocycles. The number of aromatic hydroxyl groups is 1. The van der Waals surface area contributed by atoms with Crippen LogP contribution in [0, 0.1) is 0 Å². The summed E-state index contributed by atoms with van der Waals surface area (Å²) in [6.07, 6.45) is 1.74. The van der Waals surface area contributed by atoms with Crippen LogP contribution in [0.15, 0.2) is 52.4 Å². The van der Waals surface area contributed by atoms with Crippen molar-refractivity contribution in [2.45, 2.75) is 13.8 Å². The molecule has 1 amide bonds. The number of amides is 1. The van der Waals surface area contributed by atoms with Gasteiger partial charge in [-0.2, -0.15) is 0 Å². The summed E-state index contributed by atoms with van der Waals surface area (Å²) in [5.74, 6) is -0.153. The number of likely N-dealkylation sites (N-methyl/N-ethyl adjacent to an activating group) is 1. The molecule has 1 heterocycles. The minimum atomic E-state index is -0.383. The molecule has 1 fully saturated rings. The fraction of sp³-hybridized carbons (Fsp3) is 0.227. The Hall–Kier alpha value is -3.26. The lowest BCUT2D eigenvalue weighted by atomic mass is 10.2. The third kappa shape index (κ3) is 4.65. The third-order valence-corrected chi connectivity index (χ3v) is 5.32. The Morgan fingerprint density at radius 1 is 1.20 bits per heavy atom. The summed E-state index contributed by atoms with van der Waals surface area (Å²) < 4.78 is 10.1. The molecule has 1 N–H and O–H groups in total. The predicted octanol–water partition coefficient (Wildman–Crippen LogP) is 4.20. The van der Waals surface area contributed by atoms with Crippen LogP contribution in [-0.2, 0) is 9.53 Å². The van der Waals surface area contributed by atoms with E-state index in [1.807, 2.05) is 6.92 Å². The monoisotopic (exact) mass is 426 g/mol. The molecule has 0 bridgehead atoms. The van der Waals surface area contributed by atoms with Gasteiger partial charge in [0, 0.05) is 6.54 Å². The summed E-state index contributed by atoms with van der Waals surface area (Å²) in [7, 11) is 1.47. The lowest BCUT2D eigenvalue weighted by molar-refractivity contribution is -0.122. The Balaban J connectivity index is 1.86. The second-order valence-electron chi connectivity index (χ2n) is 6.25. The van der Waals surface area contributed by atoms with Crippen molar-refractivity contribution in [3.05, 3.63) is 58.5 Å².